The summed E-state index contributed by atoms with van der Waals surface area (Å²) in [5, 5.41) is 10.5. The number of hydrogen-bond donors (Lipinski definition) is 1. The van der Waals surface area contributed by atoms with Gasteiger partial charge in [0.05, 0.1) is 19.6 Å². The lowest BCUT2D eigenvalue weighted by Crippen LogP contribution is -2.21. The number of aliphatic hydroxyl groups is 1. The summed E-state index contributed by atoms with van der Waals surface area (Å²) in [6, 6.07) is 13.8. The fourth-order valence-corrected chi connectivity index (χ4v) is 2.54. The number of carbonyl (C=O) groups is 3. The summed E-state index contributed by atoms with van der Waals surface area (Å²) >= 11 is 0. The second-order valence-corrected chi connectivity index (χ2v) is 5.80. The number of methoxy groups -OCH3 is 1. The Morgan fingerprint density at radius 3 is 1.96 bits per heavy atom. The normalized spacial score (nSPS) is 13.2. The van der Waals surface area contributed by atoms with E-state index in [1.54, 1.807) is 54.6 Å². The van der Waals surface area contributed by atoms with E-state index in [-0.39, 0.29) is 6.42 Å². The van der Waals surface area contributed by atoms with Crippen molar-refractivity contribution in [3.63, 3.8) is 0 Å². The maximum Gasteiger partial charge on any atom is 0.308 e. The molecule has 134 valence electrons. The van der Waals surface area contributed by atoms with E-state index in [2.05, 4.69) is 4.74 Å². The average Bonchev–Trinajstić information content (AvgIpc) is 2.69. The molecule has 0 aliphatic rings. The van der Waals surface area contributed by atoms with Crippen molar-refractivity contribution in [2.24, 2.45) is 0 Å². The molecule has 2 aromatic rings. The minimum atomic E-state index is -0.977. The Balaban J connectivity index is 2.28. The third-order valence-corrected chi connectivity index (χ3v) is 4.04. The van der Waals surface area contributed by atoms with Crippen molar-refractivity contribution in [2.75, 3.05) is 7.11 Å². The molecule has 2 aromatic carbocycles. The molecule has 0 saturated heterocycles. The maximum absolute atomic E-state index is 11.5. The molecule has 0 unspecified atom stereocenters. The first-order valence-electron chi connectivity index (χ1n) is 8.11. The van der Waals surface area contributed by atoms with Gasteiger partial charge in [0.2, 0.25) is 0 Å². The molecule has 0 fully saturated rings. The molecule has 0 amide bonds. The summed E-state index contributed by atoms with van der Waals surface area (Å²) in [5.74, 6) is -0.962. The van der Waals surface area contributed by atoms with Crippen molar-refractivity contribution < 1.29 is 24.2 Å². The summed E-state index contributed by atoms with van der Waals surface area (Å²) < 4.78 is 4.63. The smallest absolute Gasteiger partial charge is 0.308 e. The highest BCUT2D eigenvalue weighted by molar-refractivity contribution is 5.76. The van der Waals surface area contributed by atoms with Crippen molar-refractivity contribution in [1.29, 1.82) is 0 Å². The zero-order valence-electron chi connectivity index (χ0n) is 14.4. The number of carbonyl (C=O) groups excluding carboxylic acids is 3. The van der Waals surface area contributed by atoms with Crippen LogP contribution in [-0.4, -0.2) is 36.9 Å². The Bertz CT molecular complexity index is 775. The second-order valence-electron chi connectivity index (χ2n) is 5.80. The Hall–Kier alpha value is -3.05. The fourth-order valence-electron chi connectivity index (χ4n) is 2.54. The lowest BCUT2D eigenvalue weighted by Gasteiger charge is -2.20. The molecular formula is C21H20O5. The van der Waals surface area contributed by atoms with Crippen LogP contribution in [0.4, 0.5) is 0 Å². The van der Waals surface area contributed by atoms with Gasteiger partial charge in [-0.3, -0.25) is 14.4 Å². The van der Waals surface area contributed by atoms with Crippen molar-refractivity contribution >= 4 is 24.6 Å². The third kappa shape index (κ3) is 5.22. The standard InChI is InChI=1S/C21H20O5/c1-26-21(25)12-20(24)19(18-9-6-17(14-23)7-10-18)11-8-15-2-4-16(13-22)5-3-15/h2-11,13-14,19-20,24H,12H2,1H3/b11-8+/t19-,20-/m1/s1. The highest BCUT2D eigenvalue weighted by Gasteiger charge is 2.22. The van der Waals surface area contributed by atoms with Gasteiger partial charge in [0.1, 0.15) is 12.6 Å². The first kappa shape index (κ1) is 19.3. The minimum Gasteiger partial charge on any atom is -0.469 e. The molecule has 5 heteroatoms. The second kappa shape index (κ2) is 9.44. The predicted octanol–water partition coefficient (Wildman–Crippen LogP) is 3.03. The first-order valence-corrected chi connectivity index (χ1v) is 8.11. The molecule has 0 aliphatic heterocycles. The Kier molecular flexibility index (Phi) is 7.00. The number of esters is 1. The molecule has 5 nitrogen and oxygen atoms in total. The fraction of sp³-hybridized carbons (Fsp3) is 0.190. The average molecular weight is 352 g/mol. The number of rotatable bonds is 8. The van der Waals surface area contributed by atoms with Crippen LogP contribution in [0.2, 0.25) is 0 Å². The van der Waals surface area contributed by atoms with Crippen molar-refractivity contribution in [3.8, 4) is 0 Å². The summed E-state index contributed by atoms with van der Waals surface area (Å²) in [6.45, 7) is 0. The van der Waals surface area contributed by atoms with Crippen LogP contribution < -0.4 is 0 Å². The SMILES string of the molecule is COC(=O)C[C@@H](O)[C@H](/C=C/c1ccc(C=O)cc1)c1ccc(C=O)cc1. The van der Waals surface area contributed by atoms with Crippen LogP contribution in [0.5, 0.6) is 0 Å². The van der Waals surface area contributed by atoms with Crippen molar-refractivity contribution in [2.45, 2.75) is 18.4 Å². The van der Waals surface area contributed by atoms with Crippen LogP contribution in [0.25, 0.3) is 6.08 Å². The summed E-state index contributed by atoms with van der Waals surface area (Å²) in [6.07, 6.45) is 3.99. The molecule has 0 heterocycles. The van der Waals surface area contributed by atoms with Gasteiger partial charge in [-0.25, -0.2) is 0 Å². The van der Waals surface area contributed by atoms with Gasteiger partial charge in [-0.1, -0.05) is 60.7 Å². The molecule has 2 atom stereocenters. The topological polar surface area (TPSA) is 80.7 Å². The molecule has 0 aromatic heterocycles. The van der Waals surface area contributed by atoms with E-state index in [1.165, 1.54) is 7.11 Å². The zero-order valence-corrected chi connectivity index (χ0v) is 14.4. The number of benzene rings is 2. The molecular weight excluding hydrogens is 332 g/mol. The summed E-state index contributed by atoms with van der Waals surface area (Å²) in [7, 11) is 1.27. The molecule has 0 aliphatic carbocycles. The van der Waals surface area contributed by atoms with Crippen molar-refractivity contribution in [3.05, 3.63) is 76.9 Å². The number of hydrogen-bond acceptors (Lipinski definition) is 5. The van der Waals surface area contributed by atoms with Crippen LogP contribution in [0.1, 0.15) is 44.2 Å². The summed E-state index contributed by atoms with van der Waals surface area (Å²) in [4.78, 5) is 33.1. The predicted molar refractivity (Wildman–Crippen MR) is 98.1 cm³/mol. The quantitative estimate of drug-likeness (QED) is 0.583. The maximum atomic E-state index is 11.5. The molecule has 26 heavy (non-hydrogen) atoms. The van der Waals surface area contributed by atoms with Crippen LogP contribution >= 0.6 is 0 Å². The lowest BCUT2D eigenvalue weighted by molar-refractivity contribution is -0.142. The van der Waals surface area contributed by atoms with E-state index < -0.39 is 18.0 Å². The van der Waals surface area contributed by atoms with Gasteiger partial charge in [-0.15, -0.1) is 0 Å². The Morgan fingerprint density at radius 2 is 1.46 bits per heavy atom. The van der Waals surface area contributed by atoms with E-state index in [4.69, 9.17) is 0 Å². The Labute approximate surface area is 151 Å². The highest BCUT2D eigenvalue weighted by atomic mass is 16.5. The van der Waals surface area contributed by atoms with Gasteiger partial charge in [0, 0.05) is 17.0 Å². The number of aliphatic hydroxyl groups excluding tert-OH is 1. The Morgan fingerprint density at radius 1 is 0.962 bits per heavy atom. The van der Waals surface area contributed by atoms with Crippen LogP contribution in [-0.2, 0) is 9.53 Å². The van der Waals surface area contributed by atoms with E-state index in [0.29, 0.717) is 11.1 Å². The molecule has 2 rings (SSSR count). The first-order chi connectivity index (χ1) is 12.6. The van der Waals surface area contributed by atoms with E-state index >= 15 is 0 Å². The summed E-state index contributed by atoms with van der Waals surface area (Å²) in [5.41, 5.74) is 2.74. The van der Waals surface area contributed by atoms with Crippen LogP contribution in [0.15, 0.2) is 54.6 Å². The van der Waals surface area contributed by atoms with E-state index in [0.717, 1.165) is 23.7 Å². The van der Waals surface area contributed by atoms with Crippen LogP contribution in [0.3, 0.4) is 0 Å². The van der Waals surface area contributed by atoms with E-state index in [9.17, 15) is 19.5 Å². The van der Waals surface area contributed by atoms with Crippen molar-refractivity contribution in [1.82, 2.24) is 0 Å². The lowest BCUT2D eigenvalue weighted by atomic mass is 9.90. The molecule has 0 bridgehead atoms. The highest BCUT2D eigenvalue weighted by Crippen LogP contribution is 2.25. The minimum absolute atomic E-state index is 0.148. The van der Waals surface area contributed by atoms with Gasteiger partial charge in [0.25, 0.3) is 0 Å². The van der Waals surface area contributed by atoms with Gasteiger partial charge in [-0.05, 0) is 11.1 Å². The number of ether oxygens (including phenoxy) is 1. The third-order valence-electron chi connectivity index (χ3n) is 4.04. The van der Waals surface area contributed by atoms with Crippen LogP contribution in [0, 0.1) is 0 Å². The molecule has 0 spiro atoms. The monoisotopic (exact) mass is 352 g/mol. The van der Waals surface area contributed by atoms with Gasteiger partial charge in [0.15, 0.2) is 0 Å². The van der Waals surface area contributed by atoms with Gasteiger partial charge >= 0.3 is 5.97 Å². The molecule has 0 radical (unpaired) electrons. The zero-order chi connectivity index (χ0) is 18.9. The molecule has 1 N–H and O–H groups in total. The van der Waals surface area contributed by atoms with Gasteiger partial charge < -0.3 is 9.84 Å². The van der Waals surface area contributed by atoms with E-state index in [1.807, 2.05) is 6.08 Å². The van der Waals surface area contributed by atoms with Gasteiger partial charge in [-0.2, -0.15) is 0 Å². The number of aldehydes is 2. The largest absolute Gasteiger partial charge is 0.469 e. The molecule has 0 saturated carbocycles.